The number of hydrogen-bond acceptors (Lipinski definition) is 6. The molecule has 1 aliphatic carbocycles. The van der Waals surface area contributed by atoms with Gasteiger partial charge < -0.3 is 19.7 Å². The number of aliphatic hydroxyl groups excluding tert-OH is 2. The van der Waals surface area contributed by atoms with Gasteiger partial charge in [-0.1, -0.05) is 70.0 Å². The molecule has 36 heavy (non-hydrogen) atoms. The van der Waals surface area contributed by atoms with E-state index in [1.807, 2.05) is 0 Å². The van der Waals surface area contributed by atoms with Gasteiger partial charge in [-0.25, -0.2) is 0 Å². The van der Waals surface area contributed by atoms with Crippen LogP contribution in [0.3, 0.4) is 0 Å². The smallest absolute Gasteiger partial charge is 0.147 e. The Hall–Kier alpha value is -2.12. The monoisotopic (exact) mass is 504 g/mol. The lowest BCUT2D eigenvalue weighted by molar-refractivity contribution is -0.106. The van der Waals surface area contributed by atoms with Crippen molar-refractivity contribution in [2.45, 2.75) is 70.1 Å². The first-order valence-corrected chi connectivity index (χ1v) is 13.0. The lowest BCUT2D eigenvalue weighted by Gasteiger charge is -2.29. The van der Waals surface area contributed by atoms with Crippen LogP contribution in [-0.2, 0) is 19.1 Å². The number of aldehydes is 2. The van der Waals surface area contributed by atoms with Crippen molar-refractivity contribution >= 4 is 12.6 Å². The third kappa shape index (κ3) is 15.1. The molecular weight excluding hydrogens is 456 g/mol. The number of benzene rings is 1. The molecule has 1 fully saturated rings. The molecule has 0 atom stereocenters. The fourth-order valence-electron chi connectivity index (χ4n) is 4.23. The Morgan fingerprint density at radius 2 is 1.42 bits per heavy atom. The van der Waals surface area contributed by atoms with E-state index in [2.05, 4.69) is 44.3 Å². The van der Waals surface area contributed by atoms with Crippen molar-refractivity contribution in [1.29, 1.82) is 0 Å². The second kappa shape index (κ2) is 22.1. The summed E-state index contributed by atoms with van der Waals surface area (Å²) in [6.07, 6.45) is 12.3. The van der Waals surface area contributed by atoms with Gasteiger partial charge in [-0.05, 0) is 48.6 Å². The highest BCUT2D eigenvalue weighted by atomic mass is 16.5. The maximum Gasteiger partial charge on any atom is 0.147 e. The minimum atomic E-state index is -0.233. The van der Waals surface area contributed by atoms with Gasteiger partial charge in [0.05, 0.1) is 26.4 Å². The fourth-order valence-corrected chi connectivity index (χ4v) is 4.23. The molecule has 0 spiro atoms. The quantitative estimate of drug-likeness (QED) is 0.201. The lowest BCUT2D eigenvalue weighted by atomic mass is 9.77. The van der Waals surface area contributed by atoms with E-state index in [9.17, 15) is 9.59 Å². The largest absolute Gasteiger partial charge is 0.392 e. The summed E-state index contributed by atoms with van der Waals surface area (Å²) < 4.78 is 10.7. The molecule has 2 N–H and O–H groups in total. The molecule has 1 aromatic rings. The van der Waals surface area contributed by atoms with Crippen LogP contribution in [0.25, 0.3) is 0 Å². The van der Waals surface area contributed by atoms with E-state index in [0.29, 0.717) is 18.5 Å². The van der Waals surface area contributed by atoms with Crippen molar-refractivity contribution in [2.24, 2.45) is 5.92 Å². The summed E-state index contributed by atoms with van der Waals surface area (Å²) in [5.41, 5.74) is 3.29. The highest BCUT2D eigenvalue weighted by Gasteiger charge is 2.22. The van der Waals surface area contributed by atoms with Crippen LogP contribution in [0.15, 0.2) is 48.6 Å². The van der Waals surface area contributed by atoms with Crippen molar-refractivity contribution < 1.29 is 29.3 Å². The molecule has 1 aliphatic rings. The lowest BCUT2D eigenvalue weighted by Crippen LogP contribution is -2.14. The Bertz CT molecular complexity index is 693. The number of hydrogen-bond donors (Lipinski definition) is 2. The first-order valence-electron chi connectivity index (χ1n) is 13.0. The molecular formula is C30H48O6. The third-order valence-corrected chi connectivity index (χ3v) is 6.42. The Morgan fingerprint density at radius 3 is 1.78 bits per heavy atom. The minimum absolute atomic E-state index is 0.218. The second-order valence-electron chi connectivity index (χ2n) is 9.36. The average molecular weight is 505 g/mol. The number of unbranched alkanes of at least 4 members (excludes halogenated alkanes) is 2. The van der Waals surface area contributed by atoms with E-state index in [4.69, 9.17) is 19.7 Å². The van der Waals surface area contributed by atoms with Crippen molar-refractivity contribution in [2.75, 3.05) is 40.6 Å². The van der Waals surface area contributed by atoms with E-state index in [1.54, 1.807) is 14.2 Å². The highest BCUT2D eigenvalue weighted by Crippen LogP contribution is 2.38. The van der Waals surface area contributed by atoms with Crippen molar-refractivity contribution in [3.05, 3.63) is 59.7 Å². The minimum Gasteiger partial charge on any atom is -0.392 e. The fraction of sp³-hybridized carbons (Fsp3) is 0.600. The van der Waals surface area contributed by atoms with Crippen LogP contribution >= 0.6 is 0 Å². The zero-order chi connectivity index (χ0) is 27.2. The number of rotatable bonds is 14. The summed E-state index contributed by atoms with van der Waals surface area (Å²) in [6.45, 7) is 9.61. The molecule has 2 rings (SSSR count). The normalized spacial score (nSPS) is 16.7. The average Bonchev–Trinajstić information content (AvgIpc) is 2.93. The van der Waals surface area contributed by atoms with Gasteiger partial charge in [-0.15, -0.1) is 0 Å². The molecule has 6 nitrogen and oxygen atoms in total. The van der Waals surface area contributed by atoms with Gasteiger partial charge in [0.15, 0.2) is 0 Å². The molecule has 0 heterocycles. The molecule has 0 unspecified atom stereocenters. The number of methoxy groups -OCH3 is 2. The molecule has 1 aromatic carbocycles. The Balaban J connectivity index is 0.000000846. The topological polar surface area (TPSA) is 93.1 Å². The second-order valence-corrected chi connectivity index (χ2v) is 9.36. The van der Waals surface area contributed by atoms with Crippen molar-refractivity contribution in [1.82, 2.24) is 0 Å². The SMILES string of the molecule is C=C(C=O)CO.C=C(C=O)CO.CCCCCC1CCC(c2ccc(C(COC)COC)cc2)CC1. The van der Waals surface area contributed by atoms with Crippen LogP contribution in [-0.4, -0.2) is 63.4 Å². The van der Waals surface area contributed by atoms with Gasteiger partial charge in [0.25, 0.3) is 0 Å². The Kier molecular flexibility index (Phi) is 20.8. The van der Waals surface area contributed by atoms with Crippen molar-refractivity contribution in [3.8, 4) is 0 Å². The van der Waals surface area contributed by atoms with Gasteiger partial charge in [0.2, 0.25) is 0 Å². The number of aliphatic hydroxyl groups is 2. The zero-order valence-electron chi connectivity index (χ0n) is 22.6. The molecule has 0 radical (unpaired) electrons. The van der Waals surface area contributed by atoms with Gasteiger partial charge in [0, 0.05) is 31.3 Å². The Morgan fingerprint density at radius 1 is 0.917 bits per heavy atom. The van der Waals surface area contributed by atoms with Gasteiger partial charge in [-0.2, -0.15) is 0 Å². The van der Waals surface area contributed by atoms with Gasteiger partial charge in [-0.3, -0.25) is 9.59 Å². The summed E-state index contributed by atoms with van der Waals surface area (Å²) in [5.74, 6) is 2.09. The van der Waals surface area contributed by atoms with Crippen LogP contribution < -0.4 is 0 Å². The summed E-state index contributed by atoms with van der Waals surface area (Å²) >= 11 is 0. The first kappa shape index (κ1) is 33.9. The molecule has 0 bridgehead atoms. The number of carbonyl (C=O) groups is 2. The van der Waals surface area contributed by atoms with Crippen molar-refractivity contribution in [3.63, 3.8) is 0 Å². The van der Waals surface area contributed by atoms with Gasteiger partial charge in [0.1, 0.15) is 12.6 Å². The zero-order valence-corrected chi connectivity index (χ0v) is 22.6. The molecule has 0 amide bonds. The summed E-state index contributed by atoms with van der Waals surface area (Å²) in [7, 11) is 3.52. The van der Waals surface area contributed by atoms with Crippen LogP contribution in [0, 0.1) is 5.92 Å². The third-order valence-electron chi connectivity index (χ3n) is 6.42. The summed E-state index contributed by atoms with van der Waals surface area (Å²) in [5, 5.41) is 16.0. The number of carbonyl (C=O) groups excluding carboxylic acids is 2. The predicted octanol–water partition coefficient (Wildman–Crippen LogP) is 5.38. The Labute approximate surface area is 218 Å². The maximum atomic E-state index is 9.48. The molecule has 0 aliphatic heterocycles. The first-order chi connectivity index (χ1) is 17.4. The molecule has 6 heteroatoms. The molecule has 204 valence electrons. The highest BCUT2D eigenvalue weighted by molar-refractivity contribution is 5.72. The number of ether oxygens (including phenoxy) is 2. The predicted molar refractivity (Wildman–Crippen MR) is 146 cm³/mol. The van der Waals surface area contributed by atoms with Crippen LogP contribution in [0.4, 0.5) is 0 Å². The van der Waals surface area contributed by atoms with Crippen LogP contribution in [0.5, 0.6) is 0 Å². The molecule has 1 saturated carbocycles. The summed E-state index contributed by atoms with van der Waals surface area (Å²) in [6, 6.07) is 9.25. The standard InChI is InChI=1S/C22H36O2.2C4H6O2/c1-4-5-6-7-18-8-10-19(11-9-18)20-12-14-21(15-13-20)22(16-23-2)17-24-3;2*1-4(2-5)3-6/h12-15,18-19,22H,4-11,16-17H2,1-3H3;2*2,6H,1,3H2. The van der Waals surface area contributed by atoms with E-state index in [0.717, 1.165) is 25.0 Å². The van der Waals surface area contributed by atoms with E-state index >= 15 is 0 Å². The maximum absolute atomic E-state index is 9.48. The van der Waals surface area contributed by atoms with Crippen LogP contribution in [0.1, 0.15) is 81.3 Å². The molecule has 0 saturated heterocycles. The molecule has 0 aromatic heterocycles. The van der Waals surface area contributed by atoms with E-state index < -0.39 is 0 Å². The van der Waals surface area contributed by atoms with Crippen LogP contribution in [0.2, 0.25) is 0 Å². The summed E-state index contributed by atoms with van der Waals surface area (Å²) in [4.78, 5) is 19.0. The van der Waals surface area contributed by atoms with E-state index in [-0.39, 0.29) is 24.4 Å². The van der Waals surface area contributed by atoms with E-state index in [1.165, 1.54) is 62.5 Å². The van der Waals surface area contributed by atoms with Gasteiger partial charge >= 0.3 is 0 Å².